The number of carbonyl (C=O) groups excluding carboxylic acids is 2. The van der Waals surface area contributed by atoms with Gasteiger partial charge in [0.2, 0.25) is 0 Å². The summed E-state index contributed by atoms with van der Waals surface area (Å²) >= 11 is 6.01. The van der Waals surface area contributed by atoms with E-state index in [1.807, 2.05) is 0 Å². The largest absolute Gasteiger partial charge is 0.463 e. The van der Waals surface area contributed by atoms with Crippen molar-refractivity contribution in [1.82, 2.24) is 10.6 Å². The molecule has 2 heterocycles. The quantitative estimate of drug-likeness (QED) is 0.685. The molecule has 1 aliphatic heterocycles. The molecule has 2 N–H and O–H groups in total. The van der Waals surface area contributed by atoms with E-state index in [9.17, 15) is 22.8 Å². The summed E-state index contributed by atoms with van der Waals surface area (Å²) in [6.07, 6.45) is -4.52. The maximum absolute atomic E-state index is 12.8. The number of hydrogen-bond acceptors (Lipinski definition) is 4. The number of esters is 1. The number of hydrogen-bond donors (Lipinski definition) is 2. The second-order valence-electron chi connectivity index (χ2n) is 6.19. The van der Waals surface area contributed by atoms with Gasteiger partial charge in [-0.15, -0.1) is 0 Å². The summed E-state index contributed by atoms with van der Waals surface area (Å²) < 4.78 is 49.2. The Morgan fingerprint density at radius 3 is 2.62 bits per heavy atom. The number of ether oxygens (including phenoxy) is 1. The minimum Gasteiger partial charge on any atom is -0.463 e. The fourth-order valence-corrected chi connectivity index (χ4v) is 3.20. The van der Waals surface area contributed by atoms with Gasteiger partial charge in [0.05, 0.1) is 22.8 Å². The molecular formula is C19H16ClF3N2O4. The van der Waals surface area contributed by atoms with Gasteiger partial charge in [-0.3, -0.25) is 0 Å². The number of carbonyl (C=O) groups is 2. The van der Waals surface area contributed by atoms with Crippen LogP contribution in [0.3, 0.4) is 0 Å². The number of urea groups is 1. The molecule has 2 aromatic rings. The maximum atomic E-state index is 12.8. The van der Waals surface area contributed by atoms with Crippen LogP contribution in [-0.4, -0.2) is 18.6 Å². The van der Waals surface area contributed by atoms with E-state index in [-0.39, 0.29) is 34.3 Å². The third-order valence-corrected chi connectivity index (χ3v) is 4.55. The van der Waals surface area contributed by atoms with Crippen molar-refractivity contribution < 1.29 is 31.9 Å². The standard InChI is InChI=1S/C19H16ClF3N2O4/c1-3-28-17(26)15-9(2)24-18(27)25-16(15)14-7-6-13(29-14)11-5-4-10(8-12(11)20)19(21,22)23/h4-8,16H,3H2,1-2H3,(H2,24,25,27)/t16-/m1/s1. The number of furan rings is 1. The van der Waals surface area contributed by atoms with Crippen LogP contribution in [0.5, 0.6) is 0 Å². The van der Waals surface area contributed by atoms with Crippen molar-refractivity contribution in [2.45, 2.75) is 26.1 Å². The summed E-state index contributed by atoms with van der Waals surface area (Å²) in [4.78, 5) is 24.2. The smallest absolute Gasteiger partial charge is 0.416 e. The van der Waals surface area contributed by atoms with Crippen molar-refractivity contribution >= 4 is 23.6 Å². The van der Waals surface area contributed by atoms with Crippen LogP contribution >= 0.6 is 11.6 Å². The van der Waals surface area contributed by atoms with Crippen LogP contribution in [0.25, 0.3) is 11.3 Å². The fourth-order valence-electron chi connectivity index (χ4n) is 2.93. The molecule has 1 aromatic heterocycles. The lowest BCUT2D eigenvalue weighted by molar-refractivity contribution is -0.139. The van der Waals surface area contributed by atoms with Gasteiger partial charge in [0.15, 0.2) is 0 Å². The molecule has 3 rings (SSSR count). The SMILES string of the molecule is CCOC(=O)C1=C(C)NC(=O)N[C@@H]1c1ccc(-c2ccc(C(F)(F)F)cc2Cl)o1. The highest BCUT2D eigenvalue weighted by Crippen LogP contribution is 2.38. The molecule has 1 atom stereocenters. The van der Waals surface area contributed by atoms with E-state index in [4.69, 9.17) is 20.8 Å². The molecule has 0 radical (unpaired) electrons. The van der Waals surface area contributed by atoms with Gasteiger partial charge in [-0.25, -0.2) is 9.59 Å². The average Bonchev–Trinajstić information content (AvgIpc) is 3.10. The molecule has 0 bridgehead atoms. The minimum absolute atomic E-state index is 0.140. The van der Waals surface area contributed by atoms with Gasteiger partial charge < -0.3 is 19.8 Å². The van der Waals surface area contributed by atoms with Crippen LogP contribution in [-0.2, 0) is 15.7 Å². The molecule has 1 aromatic carbocycles. The number of amides is 2. The van der Waals surface area contributed by atoms with Gasteiger partial charge >= 0.3 is 18.2 Å². The highest BCUT2D eigenvalue weighted by Gasteiger charge is 2.35. The van der Waals surface area contributed by atoms with E-state index in [2.05, 4.69) is 10.6 Å². The van der Waals surface area contributed by atoms with Crippen LogP contribution in [0.1, 0.15) is 31.2 Å². The molecular weight excluding hydrogens is 413 g/mol. The van der Waals surface area contributed by atoms with E-state index >= 15 is 0 Å². The summed E-state index contributed by atoms with van der Waals surface area (Å²) in [5.74, 6) is -0.242. The first-order chi connectivity index (χ1) is 13.6. The topological polar surface area (TPSA) is 80.6 Å². The van der Waals surface area contributed by atoms with Gasteiger partial charge in [-0.1, -0.05) is 11.6 Å². The van der Waals surface area contributed by atoms with Gasteiger partial charge in [-0.05, 0) is 44.2 Å². The zero-order valence-electron chi connectivity index (χ0n) is 15.3. The predicted molar refractivity (Wildman–Crippen MR) is 97.9 cm³/mol. The Kier molecular flexibility index (Phi) is 5.61. The second kappa shape index (κ2) is 7.82. The molecule has 0 fully saturated rings. The highest BCUT2D eigenvalue weighted by atomic mass is 35.5. The Morgan fingerprint density at radius 1 is 1.28 bits per heavy atom. The summed E-state index contributed by atoms with van der Waals surface area (Å²) in [7, 11) is 0. The number of halogens is 4. The Morgan fingerprint density at radius 2 is 2.00 bits per heavy atom. The summed E-state index contributed by atoms with van der Waals surface area (Å²) in [5, 5.41) is 4.93. The van der Waals surface area contributed by atoms with Crippen molar-refractivity contribution in [1.29, 1.82) is 0 Å². The highest BCUT2D eigenvalue weighted by molar-refractivity contribution is 6.33. The summed E-state index contributed by atoms with van der Waals surface area (Å²) in [5.41, 5.74) is -0.176. The molecule has 0 unspecified atom stereocenters. The molecule has 2 amide bonds. The van der Waals surface area contributed by atoms with Gasteiger partial charge in [0.25, 0.3) is 0 Å². The molecule has 0 saturated carbocycles. The normalized spacial score (nSPS) is 17.0. The first kappa shape index (κ1) is 20.8. The second-order valence-corrected chi connectivity index (χ2v) is 6.59. The van der Waals surface area contributed by atoms with Crippen molar-refractivity contribution in [2.24, 2.45) is 0 Å². The Labute approximate surface area is 168 Å². The van der Waals surface area contributed by atoms with E-state index in [1.54, 1.807) is 13.8 Å². The molecule has 0 spiro atoms. The lowest BCUT2D eigenvalue weighted by atomic mass is 10.0. The van der Waals surface area contributed by atoms with E-state index < -0.39 is 29.8 Å². The molecule has 1 aliphatic rings. The first-order valence-corrected chi connectivity index (χ1v) is 8.92. The Bertz CT molecular complexity index is 998. The lowest BCUT2D eigenvalue weighted by Gasteiger charge is -2.26. The zero-order valence-corrected chi connectivity index (χ0v) is 16.1. The van der Waals surface area contributed by atoms with Gasteiger partial charge in [0, 0.05) is 11.3 Å². The minimum atomic E-state index is -4.52. The fraction of sp³-hybridized carbons (Fsp3) is 0.263. The summed E-state index contributed by atoms with van der Waals surface area (Å²) in [6, 6.07) is 4.43. The maximum Gasteiger partial charge on any atom is 0.416 e. The summed E-state index contributed by atoms with van der Waals surface area (Å²) in [6.45, 7) is 3.34. The molecule has 29 heavy (non-hydrogen) atoms. The molecule has 10 heteroatoms. The lowest BCUT2D eigenvalue weighted by Crippen LogP contribution is -2.45. The van der Waals surface area contributed by atoms with Gasteiger partial charge in [0.1, 0.15) is 17.6 Å². The van der Waals surface area contributed by atoms with Crippen LogP contribution in [0.4, 0.5) is 18.0 Å². The Hall–Kier alpha value is -2.94. The molecule has 0 aliphatic carbocycles. The first-order valence-electron chi connectivity index (χ1n) is 8.54. The zero-order chi connectivity index (χ0) is 21.3. The number of nitrogens with one attached hydrogen (secondary N) is 2. The number of rotatable bonds is 4. The van der Waals surface area contributed by atoms with Crippen molar-refractivity contribution in [2.75, 3.05) is 6.61 Å². The van der Waals surface area contributed by atoms with Crippen molar-refractivity contribution in [3.63, 3.8) is 0 Å². The van der Waals surface area contributed by atoms with Crippen molar-refractivity contribution in [3.8, 4) is 11.3 Å². The van der Waals surface area contributed by atoms with Crippen LogP contribution in [0.15, 0.2) is 46.0 Å². The third-order valence-electron chi connectivity index (χ3n) is 4.24. The third kappa shape index (κ3) is 4.24. The molecule has 0 saturated heterocycles. The number of allylic oxidation sites excluding steroid dienone is 1. The van der Waals surface area contributed by atoms with Crippen LogP contribution in [0, 0.1) is 0 Å². The molecule has 154 valence electrons. The average molecular weight is 429 g/mol. The number of alkyl halides is 3. The predicted octanol–water partition coefficient (Wildman–Crippen LogP) is 4.81. The van der Waals surface area contributed by atoms with E-state index in [0.717, 1.165) is 12.1 Å². The van der Waals surface area contributed by atoms with E-state index in [0.29, 0.717) is 5.70 Å². The van der Waals surface area contributed by atoms with Crippen LogP contribution in [0.2, 0.25) is 5.02 Å². The molecule has 6 nitrogen and oxygen atoms in total. The Balaban J connectivity index is 1.97. The number of benzene rings is 1. The van der Waals surface area contributed by atoms with Crippen molar-refractivity contribution in [3.05, 3.63) is 57.9 Å². The van der Waals surface area contributed by atoms with E-state index in [1.165, 1.54) is 18.2 Å². The van der Waals surface area contributed by atoms with Gasteiger partial charge in [-0.2, -0.15) is 13.2 Å². The van der Waals surface area contributed by atoms with Crippen LogP contribution < -0.4 is 10.6 Å². The monoisotopic (exact) mass is 428 g/mol.